The van der Waals surface area contributed by atoms with E-state index in [0.29, 0.717) is 6.10 Å². The lowest BCUT2D eigenvalue weighted by atomic mass is 9.85. The Balaban J connectivity index is 1.81. The molecule has 2 atom stereocenters. The molecule has 1 aliphatic carbocycles. The van der Waals surface area contributed by atoms with Crippen LogP contribution in [0.1, 0.15) is 57.1 Å². The van der Waals surface area contributed by atoms with Crippen molar-refractivity contribution in [1.82, 2.24) is 5.32 Å². The van der Waals surface area contributed by atoms with Gasteiger partial charge >= 0.3 is 0 Å². The highest BCUT2D eigenvalue weighted by molar-refractivity contribution is 5.22. The van der Waals surface area contributed by atoms with Crippen LogP contribution in [-0.4, -0.2) is 12.6 Å². The van der Waals surface area contributed by atoms with Crippen molar-refractivity contribution in [3.63, 3.8) is 0 Å². The van der Waals surface area contributed by atoms with Gasteiger partial charge in [0.05, 0.1) is 12.7 Å². The van der Waals surface area contributed by atoms with Gasteiger partial charge in [-0.1, -0.05) is 57.4 Å². The van der Waals surface area contributed by atoms with Crippen LogP contribution < -0.4 is 5.32 Å². The van der Waals surface area contributed by atoms with Crippen molar-refractivity contribution in [2.45, 2.75) is 65.2 Å². The summed E-state index contributed by atoms with van der Waals surface area (Å²) in [7, 11) is 0. The van der Waals surface area contributed by atoms with Gasteiger partial charge in [-0.2, -0.15) is 0 Å². The van der Waals surface area contributed by atoms with Crippen LogP contribution in [0.25, 0.3) is 0 Å². The van der Waals surface area contributed by atoms with Gasteiger partial charge in [-0.25, -0.2) is 0 Å². The summed E-state index contributed by atoms with van der Waals surface area (Å²) in [4.78, 5) is 0. The molecule has 2 nitrogen and oxygen atoms in total. The lowest BCUT2D eigenvalue weighted by molar-refractivity contribution is 0.00174. The van der Waals surface area contributed by atoms with E-state index in [9.17, 15) is 0 Å². The molecule has 0 aliphatic heterocycles. The van der Waals surface area contributed by atoms with Crippen LogP contribution in [0.5, 0.6) is 0 Å². The molecule has 1 N–H and O–H groups in total. The van der Waals surface area contributed by atoms with Crippen LogP contribution in [-0.2, 0) is 17.9 Å². The van der Waals surface area contributed by atoms with Crippen molar-refractivity contribution in [2.24, 2.45) is 5.92 Å². The van der Waals surface area contributed by atoms with Gasteiger partial charge in [0.1, 0.15) is 0 Å². The number of nitrogens with one attached hydrogen (secondary N) is 1. The molecular formula is C18H29NO. The Morgan fingerprint density at radius 1 is 1.20 bits per heavy atom. The van der Waals surface area contributed by atoms with Gasteiger partial charge in [-0.05, 0) is 36.4 Å². The van der Waals surface area contributed by atoms with Crippen LogP contribution in [0.3, 0.4) is 0 Å². The molecule has 0 amide bonds. The molecule has 2 heteroatoms. The lowest BCUT2D eigenvalue weighted by Gasteiger charge is -2.28. The fourth-order valence-electron chi connectivity index (χ4n) is 3.08. The molecule has 0 bridgehead atoms. The molecule has 0 heterocycles. The smallest absolute Gasteiger partial charge is 0.0720 e. The van der Waals surface area contributed by atoms with Crippen molar-refractivity contribution >= 4 is 0 Å². The largest absolute Gasteiger partial charge is 0.374 e. The maximum Gasteiger partial charge on any atom is 0.0720 e. The van der Waals surface area contributed by atoms with E-state index in [1.807, 2.05) is 0 Å². The molecule has 0 saturated heterocycles. The zero-order valence-electron chi connectivity index (χ0n) is 13.0. The Morgan fingerprint density at radius 3 is 2.85 bits per heavy atom. The predicted molar refractivity (Wildman–Crippen MR) is 84.6 cm³/mol. The Hall–Kier alpha value is -0.860. The van der Waals surface area contributed by atoms with Gasteiger partial charge in [0.2, 0.25) is 0 Å². The lowest BCUT2D eigenvalue weighted by Crippen LogP contribution is -2.22. The van der Waals surface area contributed by atoms with E-state index in [0.717, 1.165) is 25.6 Å². The highest BCUT2D eigenvalue weighted by atomic mass is 16.5. The summed E-state index contributed by atoms with van der Waals surface area (Å²) in [6.07, 6.45) is 7.02. The van der Waals surface area contributed by atoms with Gasteiger partial charge in [-0.3, -0.25) is 0 Å². The van der Waals surface area contributed by atoms with Crippen molar-refractivity contribution in [3.05, 3.63) is 35.4 Å². The van der Waals surface area contributed by atoms with Crippen LogP contribution >= 0.6 is 0 Å². The number of rotatable bonds is 7. The third kappa shape index (κ3) is 4.92. The molecule has 2 unspecified atom stereocenters. The standard InChI is InChI=1S/C18H29NO/c1-3-15-7-6-10-18(12-15)20-14-17-9-5-8-16(11-17)13-19-4-2/h5,8-9,11,15,18-19H,3-4,6-7,10,12-14H2,1-2H3. The minimum atomic E-state index is 0.478. The molecule has 1 fully saturated rings. The molecule has 0 radical (unpaired) electrons. The Labute approximate surface area is 123 Å². The van der Waals surface area contributed by atoms with Gasteiger partial charge < -0.3 is 10.1 Å². The Kier molecular flexibility index (Phi) is 6.55. The second kappa shape index (κ2) is 8.43. The Bertz CT molecular complexity index is 391. The first-order valence-electron chi connectivity index (χ1n) is 8.22. The highest BCUT2D eigenvalue weighted by Gasteiger charge is 2.21. The molecule has 1 aromatic rings. The summed E-state index contributed by atoms with van der Waals surface area (Å²) < 4.78 is 6.14. The van der Waals surface area contributed by atoms with E-state index < -0.39 is 0 Å². The minimum Gasteiger partial charge on any atom is -0.374 e. The maximum atomic E-state index is 6.14. The quantitative estimate of drug-likeness (QED) is 0.802. The number of ether oxygens (including phenoxy) is 1. The summed E-state index contributed by atoms with van der Waals surface area (Å²) in [6, 6.07) is 8.76. The third-order valence-corrected chi connectivity index (χ3v) is 4.37. The summed E-state index contributed by atoms with van der Waals surface area (Å²) >= 11 is 0. The van der Waals surface area contributed by atoms with E-state index in [2.05, 4.69) is 43.4 Å². The third-order valence-electron chi connectivity index (χ3n) is 4.37. The number of hydrogen-bond donors (Lipinski definition) is 1. The first-order chi connectivity index (χ1) is 9.81. The molecule has 112 valence electrons. The topological polar surface area (TPSA) is 21.3 Å². The molecular weight excluding hydrogens is 246 g/mol. The second-order valence-electron chi connectivity index (χ2n) is 5.97. The van der Waals surface area contributed by atoms with Gasteiger partial charge in [0, 0.05) is 6.54 Å². The van der Waals surface area contributed by atoms with Crippen LogP contribution in [0, 0.1) is 5.92 Å². The monoisotopic (exact) mass is 275 g/mol. The molecule has 2 rings (SSSR count). The zero-order valence-corrected chi connectivity index (χ0v) is 13.0. The van der Waals surface area contributed by atoms with Crippen molar-refractivity contribution in [3.8, 4) is 0 Å². The fourth-order valence-corrected chi connectivity index (χ4v) is 3.08. The molecule has 0 spiro atoms. The minimum absolute atomic E-state index is 0.478. The molecule has 1 aliphatic rings. The normalized spacial score (nSPS) is 22.9. The summed E-state index contributed by atoms with van der Waals surface area (Å²) in [6.45, 7) is 7.17. The highest BCUT2D eigenvalue weighted by Crippen LogP contribution is 2.28. The fraction of sp³-hybridized carbons (Fsp3) is 0.667. The van der Waals surface area contributed by atoms with E-state index in [-0.39, 0.29) is 0 Å². The van der Waals surface area contributed by atoms with Crippen LogP contribution in [0.15, 0.2) is 24.3 Å². The van der Waals surface area contributed by atoms with Crippen LogP contribution in [0.2, 0.25) is 0 Å². The summed E-state index contributed by atoms with van der Waals surface area (Å²) in [5.41, 5.74) is 2.65. The van der Waals surface area contributed by atoms with Crippen molar-refractivity contribution in [1.29, 1.82) is 0 Å². The number of benzene rings is 1. The first-order valence-corrected chi connectivity index (χ1v) is 8.22. The molecule has 1 saturated carbocycles. The van der Waals surface area contributed by atoms with E-state index in [1.165, 1.54) is 43.2 Å². The van der Waals surface area contributed by atoms with Crippen LogP contribution in [0.4, 0.5) is 0 Å². The SMILES string of the molecule is CCNCc1cccc(COC2CCCC(CC)C2)c1. The number of hydrogen-bond acceptors (Lipinski definition) is 2. The molecule has 20 heavy (non-hydrogen) atoms. The van der Waals surface area contributed by atoms with Gasteiger partial charge in [-0.15, -0.1) is 0 Å². The predicted octanol–water partition coefficient (Wildman–Crippen LogP) is 4.28. The maximum absolute atomic E-state index is 6.14. The zero-order chi connectivity index (χ0) is 14.2. The second-order valence-corrected chi connectivity index (χ2v) is 5.97. The van der Waals surface area contributed by atoms with Gasteiger partial charge in [0.15, 0.2) is 0 Å². The average Bonchev–Trinajstić information content (AvgIpc) is 2.51. The van der Waals surface area contributed by atoms with Crippen molar-refractivity contribution < 1.29 is 4.74 Å². The summed E-state index contributed by atoms with van der Waals surface area (Å²) in [5, 5.41) is 3.37. The molecule has 0 aromatic heterocycles. The first kappa shape index (κ1) is 15.5. The van der Waals surface area contributed by atoms with Crippen molar-refractivity contribution in [2.75, 3.05) is 6.54 Å². The summed E-state index contributed by atoms with van der Waals surface area (Å²) in [5.74, 6) is 0.883. The van der Waals surface area contributed by atoms with E-state index in [1.54, 1.807) is 0 Å². The van der Waals surface area contributed by atoms with E-state index in [4.69, 9.17) is 4.74 Å². The van der Waals surface area contributed by atoms with E-state index >= 15 is 0 Å². The Morgan fingerprint density at radius 2 is 2.05 bits per heavy atom. The average molecular weight is 275 g/mol. The molecule has 1 aromatic carbocycles. The van der Waals surface area contributed by atoms with Gasteiger partial charge in [0.25, 0.3) is 0 Å².